The van der Waals surface area contributed by atoms with Crippen molar-refractivity contribution in [3.63, 3.8) is 0 Å². The highest BCUT2D eigenvalue weighted by molar-refractivity contribution is 9.10. The van der Waals surface area contributed by atoms with Gasteiger partial charge in [0, 0.05) is 22.4 Å². The van der Waals surface area contributed by atoms with Gasteiger partial charge in [-0.15, -0.1) is 11.3 Å². The standard InChI is InChI=1S/C23H20BrN3O3S/c1-27-11-10-16-18(12-27)31-22-19(16)21(28)25-20(26-22)13-6-8-14(9-7-13)30-23(29)15-4-2-3-5-17(15)24/h2-9,20,26H,10-12H2,1H3,(H,25,28). The van der Waals surface area contributed by atoms with E-state index in [1.165, 1.54) is 10.4 Å². The quantitative estimate of drug-likeness (QED) is 0.409. The van der Waals surface area contributed by atoms with Gasteiger partial charge in [-0.3, -0.25) is 4.79 Å². The number of anilines is 1. The molecule has 5 rings (SSSR count). The fourth-order valence-electron chi connectivity index (χ4n) is 3.93. The first kappa shape index (κ1) is 20.2. The Bertz CT molecular complexity index is 1180. The average molecular weight is 498 g/mol. The van der Waals surface area contributed by atoms with Gasteiger partial charge in [0.1, 0.15) is 16.9 Å². The first-order valence-electron chi connectivity index (χ1n) is 9.97. The molecule has 1 atom stereocenters. The molecule has 0 radical (unpaired) electrons. The van der Waals surface area contributed by atoms with Crippen LogP contribution in [0.5, 0.6) is 5.75 Å². The second-order valence-electron chi connectivity index (χ2n) is 7.68. The Kier molecular flexibility index (Phi) is 5.29. The molecule has 1 unspecified atom stereocenters. The lowest BCUT2D eigenvalue weighted by Gasteiger charge is -2.27. The number of esters is 1. The van der Waals surface area contributed by atoms with E-state index in [9.17, 15) is 9.59 Å². The average Bonchev–Trinajstić information content (AvgIpc) is 3.12. The number of ether oxygens (including phenoxy) is 1. The third kappa shape index (κ3) is 3.86. The highest BCUT2D eigenvalue weighted by Gasteiger charge is 2.32. The molecule has 2 aliphatic rings. The zero-order chi connectivity index (χ0) is 21.5. The minimum absolute atomic E-state index is 0.0368. The smallest absolute Gasteiger partial charge is 0.344 e. The molecule has 8 heteroatoms. The Morgan fingerprint density at radius 3 is 2.71 bits per heavy atom. The number of carbonyl (C=O) groups excluding carboxylic acids is 2. The summed E-state index contributed by atoms with van der Waals surface area (Å²) in [6, 6.07) is 14.3. The maximum absolute atomic E-state index is 12.9. The molecular weight excluding hydrogens is 478 g/mol. The number of fused-ring (bicyclic) bond motifs is 3. The van der Waals surface area contributed by atoms with Crippen molar-refractivity contribution >= 4 is 44.1 Å². The Labute approximate surface area is 192 Å². The van der Waals surface area contributed by atoms with Crippen LogP contribution in [0.2, 0.25) is 0 Å². The summed E-state index contributed by atoms with van der Waals surface area (Å²) in [7, 11) is 2.10. The molecule has 2 aromatic carbocycles. The van der Waals surface area contributed by atoms with Gasteiger partial charge in [0.15, 0.2) is 0 Å². The van der Waals surface area contributed by atoms with E-state index in [1.807, 2.05) is 18.2 Å². The number of thiophene rings is 1. The summed E-state index contributed by atoms with van der Waals surface area (Å²) in [6.45, 7) is 1.84. The third-order valence-corrected chi connectivity index (χ3v) is 7.38. The Morgan fingerprint density at radius 2 is 1.94 bits per heavy atom. The van der Waals surface area contributed by atoms with Crippen molar-refractivity contribution in [3.8, 4) is 5.75 Å². The lowest BCUT2D eigenvalue weighted by atomic mass is 10.0. The summed E-state index contributed by atoms with van der Waals surface area (Å²) in [4.78, 5) is 28.8. The summed E-state index contributed by atoms with van der Waals surface area (Å²) in [5.41, 5.74) is 3.33. The SMILES string of the molecule is CN1CCc2c(sc3c2C(=O)NC(c2ccc(OC(=O)c4ccccc4Br)cc2)N3)C1. The zero-order valence-electron chi connectivity index (χ0n) is 16.8. The van der Waals surface area contributed by atoms with E-state index in [4.69, 9.17) is 4.74 Å². The van der Waals surface area contributed by atoms with Gasteiger partial charge in [-0.25, -0.2) is 4.79 Å². The van der Waals surface area contributed by atoms with Gasteiger partial charge in [-0.1, -0.05) is 24.3 Å². The molecule has 1 aromatic heterocycles. The van der Waals surface area contributed by atoms with Crippen LogP contribution in [-0.4, -0.2) is 30.4 Å². The molecule has 31 heavy (non-hydrogen) atoms. The van der Waals surface area contributed by atoms with Gasteiger partial charge in [0.25, 0.3) is 5.91 Å². The molecule has 1 amide bonds. The largest absolute Gasteiger partial charge is 0.423 e. The number of likely N-dealkylation sites (N-methyl/N-ethyl adjacent to an activating group) is 1. The van der Waals surface area contributed by atoms with Crippen molar-refractivity contribution in [1.29, 1.82) is 0 Å². The number of rotatable bonds is 3. The summed E-state index contributed by atoms with van der Waals surface area (Å²) in [6.07, 6.45) is 0.570. The van der Waals surface area contributed by atoms with E-state index in [1.54, 1.807) is 41.7 Å². The predicted octanol–water partition coefficient (Wildman–Crippen LogP) is 4.57. The number of nitrogens with zero attached hydrogens (tertiary/aromatic N) is 1. The monoisotopic (exact) mass is 497 g/mol. The molecule has 0 fully saturated rings. The lowest BCUT2D eigenvalue weighted by Crippen LogP contribution is -2.38. The molecule has 2 N–H and O–H groups in total. The molecule has 0 bridgehead atoms. The van der Waals surface area contributed by atoms with Crippen LogP contribution >= 0.6 is 27.3 Å². The topological polar surface area (TPSA) is 70.7 Å². The molecule has 0 aliphatic carbocycles. The van der Waals surface area contributed by atoms with Gasteiger partial charge in [0.2, 0.25) is 0 Å². The van der Waals surface area contributed by atoms with Gasteiger partial charge >= 0.3 is 5.97 Å². The summed E-state index contributed by atoms with van der Waals surface area (Å²) < 4.78 is 6.17. The van der Waals surface area contributed by atoms with Crippen molar-refractivity contribution in [2.75, 3.05) is 18.9 Å². The molecule has 3 heterocycles. The number of benzene rings is 2. The molecular formula is C23H20BrN3O3S. The Hall–Kier alpha value is -2.68. The first-order valence-corrected chi connectivity index (χ1v) is 11.6. The van der Waals surface area contributed by atoms with Crippen molar-refractivity contribution in [3.05, 3.63) is 80.1 Å². The summed E-state index contributed by atoms with van der Waals surface area (Å²) >= 11 is 5.03. The van der Waals surface area contributed by atoms with Gasteiger partial charge in [-0.2, -0.15) is 0 Å². The van der Waals surface area contributed by atoms with Crippen LogP contribution in [0.15, 0.2) is 53.0 Å². The Morgan fingerprint density at radius 1 is 1.16 bits per heavy atom. The number of nitrogens with one attached hydrogen (secondary N) is 2. The second kappa shape index (κ2) is 8.11. The van der Waals surface area contributed by atoms with Gasteiger partial charge < -0.3 is 20.3 Å². The minimum atomic E-state index is -0.428. The van der Waals surface area contributed by atoms with E-state index < -0.39 is 5.97 Å². The molecule has 3 aromatic rings. The summed E-state index contributed by atoms with van der Waals surface area (Å²) in [5.74, 6) is -0.0183. The van der Waals surface area contributed by atoms with Crippen LogP contribution in [0.3, 0.4) is 0 Å². The van der Waals surface area contributed by atoms with Crippen LogP contribution in [0.1, 0.15) is 42.9 Å². The molecule has 0 spiro atoms. The maximum Gasteiger partial charge on any atom is 0.344 e. The van der Waals surface area contributed by atoms with Crippen molar-refractivity contribution in [1.82, 2.24) is 10.2 Å². The van der Waals surface area contributed by atoms with Crippen molar-refractivity contribution in [2.45, 2.75) is 19.1 Å². The normalized spacial score (nSPS) is 17.9. The van der Waals surface area contributed by atoms with E-state index in [2.05, 4.69) is 38.5 Å². The molecule has 6 nitrogen and oxygen atoms in total. The van der Waals surface area contributed by atoms with Crippen molar-refractivity contribution in [2.24, 2.45) is 0 Å². The number of amides is 1. The third-order valence-electron chi connectivity index (χ3n) is 5.54. The van der Waals surface area contributed by atoms with E-state index >= 15 is 0 Å². The van der Waals surface area contributed by atoms with Gasteiger partial charge in [-0.05, 0) is 64.8 Å². The fourth-order valence-corrected chi connectivity index (χ4v) is 5.73. The van der Waals surface area contributed by atoms with Crippen molar-refractivity contribution < 1.29 is 14.3 Å². The minimum Gasteiger partial charge on any atom is -0.423 e. The fraction of sp³-hybridized carbons (Fsp3) is 0.217. The van der Waals surface area contributed by atoms with Crippen LogP contribution in [0, 0.1) is 0 Å². The number of hydrogen-bond donors (Lipinski definition) is 2. The number of halogens is 1. The van der Waals surface area contributed by atoms with Crippen LogP contribution < -0.4 is 15.4 Å². The number of hydrogen-bond acceptors (Lipinski definition) is 6. The molecule has 0 saturated carbocycles. The van der Waals surface area contributed by atoms with E-state index in [0.717, 1.165) is 35.6 Å². The summed E-state index contributed by atoms with van der Waals surface area (Å²) in [5, 5.41) is 7.45. The lowest BCUT2D eigenvalue weighted by molar-refractivity contribution is 0.0733. The van der Waals surface area contributed by atoms with Crippen LogP contribution in [0.25, 0.3) is 0 Å². The maximum atomic E-state index is 12.9. The van der Waals surface area contributed by atoms with E-state index in [0.29, 0.717) is 15.8 Å². The molecule has 2 aliphatic heterocycles. The number of carbonyl (C=O) groups is 2. The van der Waals surface area contributed by atoms with Crippen LogP contribution in [-0.2, 0) is 13.0 Å². The second-order valence-corrected chi connectivity index (χ2v) is 9.64. The molecule has 158 valence electrons. The highest BCUT2D eigenvalue weighted by Crippen LogP contribution is 2.40. The Balaban J connectivity index is 1.32. The van der Waals surface area contributed by atoms with Gasteiger partial charge in [0.05, 0.1) is 11.1 Å². The first-order chi connectivity index (χ1) is 15.0. The zero-order valence-corrected chi connectivity index (χ0v) is 19.2. The van der Waals surface area contributed by atoms with E-state index in [-0.39, 0.29) is 12.1 Å². The predicted molar refractivity (Wildman–Crippen MR) is 124 cm³/mol. The molecule has 0 saturated heterocycles. The van der Waals surface area contributed by atoms with Crippen LogP contribution in [0.4, 0.5) is 5.00 Å². The highest BCUT2D eigenvalue weighted by atomic mass is 79.9.